The van der Waals surface area contributed by atoms with Gasteiger partial charge in [-0.3, -0.25) is 4.79 Å². The van der Waals surface area contributed by atoms with Gasteiger partial charge in [-0.1, -0.05) is 0 Å². The van der Waals surface area contributed by atoms with Gasteiger partial charge in [-0.15, -0.1) is 0 Å². The Labute approximate surface area is 107 Å². The average Bonchev–Trinajstić information content (AvgIpc) is 2.24. The fourth-order valence-electron chi connectivity index (χ4n) is 1.45. The second kappa shape index (κ2) is 5.86. The number of carbonyl (C=O) groups excluding carboxylic acids is 1. The van der Waals surface area contributed by atoms with Crippen molar-refractivity contribution in [1.29, 1.82) is 0 Å². The molecule has 0 aliphatic carbocycles. The molecule has 0 bridgehead atoms. The number of ether oxygens (including phenoxy) is 1. The Kier molecular flexibility index (Phi) is 4.72. The third kappa shape index (κ3) is 4.75. The summed E-state index contributed by atoms with van der Waals surface area (Å²) in [5, 5.41) is 0. The number of sulfone groups is 1. The molecule has 0 saturated heterocycles. The highest BCUT2D eigenvalue weighted by Crippen LogP contribution is 2.22. The van der Waals surface area contributed by atoms with E-state index in [4.69, 9.17) is 10.5 Å². The van der Waals surface area contributed by atoms with Crippen molar-refractivity contribution in [3.8, 4) is 5.75 Å². The Balaban J connectivity index is 2.65. The van der Waals surface area contributed by atoms with Crippen LogP contribution in [0.3, 0.4) is 0 Å². The number of hydrogen-bond donors (Lipinski definition) is 1. The Morgan fingerprint density at radius 1 is 1.39 bits per heavy atom. The van der Waals surface area contributed by atoms with Crippen LogP contribution in [0.1, 0.15) is 23.7 Å². The molecule has 0 unspecified atom stereocenters. The van der Waals surface area contributed by atoms with Gasteiger partial charge < -0.3 is 10.5 Å². The Hall–Kier alpha value is -1.56. The van der Waals surface area contributed by atoms with E-state index in [1.165, 1.54) is 13.2 Å². The number of nitrogens with two attached hydrogens (primary N) is 1. The van der Waals surface area contributed by atoms with E-state index in [2.05, 4.69) is 0 Å². The van der Waals surface area contributed by atoms with Crippen molar-refractivity contribution in [2.24, 2.45) is 0 Å². The predicted molar refractivity (Wildman–Crippen MR) is 70.7 cm³/mol. The standard InChI is InChI=1S/C12H17NO4S/c1-9(14)11-8-10(13)4-5-12(11)17-6-3-7-18(2,15)16/h4-5,8H,3,6-7,13H2,1-2H3. The Morgan fingerprint density at radius 2 is 2.06 bits per heavy atom. The quantitative estimate of drug-likeness (QED) is 0.478. The predicted octanol–water partition coefficient (Wildman–Crippen LogP) is 1.28. The second-order valence-corrected chi connectivity index (χ2v) is 6.40. The molecule has 0 fully saturated rings. The molecule has 0 amide bonds. The van der Waals surface area contributed by atoms with Crippen LogP contribution >= 0.6 is 0 Å². The smallest absolute Gasteiger partial charge is 0.163 e. The van der Waals surface area contributed by atoms with Crippen molar-refractivity contribution in [2.75, 3.05) is 24.3 Å². The summed E-state index contributed by atoms with van der Waals surface area (Å²) in [6.07, 6.45) is 1.57. The molecule has 0 spiro atoms. The molecule has 6 heteroatoms. The number of benzene rings is 1. The molecule has 0 aromatic heterocycles. The molecule has 1 rings (SSSR count). The topological polar surface area (TPSA) is 86.5 Å². The zero-order chi connectivity index (χ0) is 13.8. The molecule has 5 nitrogen and oxygen atoms in total. The van der Waals surface area contributed by atoms with E-state index in [0.717, 1.165) is 0 Å². The minimum absolute atomic E-state index is 0.0668. The first-order valence-corrected chi connectivity index (χ1v) is 7.56. The summed E-state index contributed by atoms with van der Waals surface area (Å²) in [5.74, 6) is 0.364. The summed E-state index contributed by atoms with van der Waals surface area (Å²) in [7, 11) is -2.98. The van der Waals surface area contributed by atoms with Crippen LogP contribution in [0.5, 0.6) is 5.75 Å². The van der Waals surface area contributed by atoms with Crippen LogP contribution in [0.4, 0.5) is 5.69 Å². The largest absolute Gasteiger partial charge is 0.493 e. The van der Waals surface area contributed by atoms with Gasteiger partial charge in [0.25, 0.3) is 0 Å². The van der Waals surface area contributed by atoms with Crippen LogP contribution in [-0.4, -0.2) is 32.8 Å². The van der Waals surface area contributed by atoms with Gasteiger partial charge in [0.2, 0.25) is 0 Å². The van der Waals surface area contributed by atoms with Crippen molar-refractivity contribution in [2.45, 2.75) is 13.3 Å². The van der Waals surface area contributed by atoms with Crippen LogP contribution in [-0.2, 0) is 9.84 Å². The average molecular weight is 271 g/mol. The number of rotatable bonds is 6. The van der Waals surface area contributed by atoms with Crippen molar-refractivity contribution in [3.05, 3.63) is 23.8 Å². The van der Waals surface area contributed by atoms with Crippen molar-refractivity contribution in [1.82, 2.24) is 0 Å². The van der Waals surface area contributed by atoms with E-state index >= 15 is 0 Å². The van der Waals surface area contributed by atoms with E-state index in [1.54, 1.807) is 18.2 Å². The van der Waals surface area contributed by atoms with Crippen LogP contribution in [0.2, 0.25) is 0 Å². The van der Waals surface area contributed by atoms with Crippen molar-refractivity contribution in [3.63, 3.8) is 0 Å². The molecular formula is C12H17NO4S. The molecule has 2 N–H and O–H groups in total. The number of Topliss-reactive ketones (excluding diaryl/α,β-unsaturated/α-hetero) is 1. The Morgan fingerprint density at radius 3 is 2.61 bits per heavy atom. The SMILES string of the molecule is CC(=O)c1cc(N)ccc1OCCCS(C)(=O)=O. The fraction of sp³-hybridized carbons (Fsp3) is 0.417. The number of carbonyl (C=O) groups is 1. The molecule has 0 heterocycles. The summed E-state index contributed by atoms with van der Waals surface area (Å²) >= 11 is 0. The second-order valence-electron chi connectivity index (χ2n) is 4.14. The van der Waals surface area contributed by atoms with Crippen molar-refractivity contribution >= 4 is 21.3 Å². The molecule has 100 valence electrons. The van der Waals surface area contributed by atoms with Crippen LogP contribution in [0.15, 0.2) is 18.2 Å². The summed E-state index contributed by atoms with van der Waals surface area (Å²) in [4.78, 5) is 11.4. The summed E-state index contributed by atoms with van der Waals surface area (Å²) < 4.78 is 27.3. The molecule has 0 aliphatic heterocycles. The maximum atomic E-state index is 11.4. The van der Waals surface area contributed by atoms with E-state index in [9.17, 15) is 13.2 Å². The van der Waals surface area contributed by atoms with E-state index in [0.29, 0.717) is 23.4 Å². The minimum Gasteiger partial charge on any atom is -0.493 e. The molecule has 18 heavy (non-hydrogen) atoms. The number of nitrogen functional groups attached to an aromatic ring is 1. The number of hydrogen-bond acceptors (Lipinski definition) is 5. The van der Waals surface area contributed by atoms with E-state index in [1.807, 2.05) is 0 Å². The van der Waals surface area contributed by atoms with Crippen LogP contribution < -0.4 is 10.5 Å². The highest BCUT2D eigenvalue weighted by atomic mass is 32.2. The van der Waals surface area contributed by atoms with Gasteiger partial charge in [0.15, 0.2) is 5.78 Å². The van der Waals surface area contributed by atoms with Gasteiger partial charge in [-0.05, 0) is 31.5 Å². The lowest BCUT2D eigenvalue weighted by molar-refractivity contribution is 0.101. The molecule has 1 aromatic carbocycles. The third-order valence-electron chi connectivity index (χ3n) is 2.30. The fourth-order valence-corrected chi connectivity index (χ4v) is 2.09. The highest BCUT2D eigenvalue weighted by molar-refractivity contribution is 7.90. The highest BCUT2D eigenvalue weighted by Gasteiger charge is 2.09. The lowest BCUT2D eigenvalue weighted by atomic mass is 10.1. The summed E-state index contributed by atoms with van der Waals surface area (Å²) in [6, 6.07) is 4.80. The van der Waals surface area contributed by atoms with Gasteiger partial charge >= 0.3 is 0 Å². The zero-order valence-electron chi connectivity index (χ0n) is 10.5. The molecule has 1 aromatic rings. The maximum Gasteiger partial charge on any atom is 0.163 e. The third-order valence-corrected chi connectivity index (χ3v) is 3.33. The normalized spacial score (nSPS) is 11.2. The number of ketones is 1. The first kappa shape index (κ1) is 14.5. The number of anilines is 1. The molecular weight excluding hydrogens is 254 g/mol. The monoisotopic (exact) mass is 271 g/mol. The minimum atomic E-state index is -2.98. The van der Waals surface area contributed by atoms with Gasteiger partial charge in [0, 0.05) is 11.9 Å². The van der Waals surface area contributed by atoms with E-state index < -0.39 is 9.84 Å². The van der Waals surface area contributed by atoms with E-state index in [-0.39, 0.29) is 18.1 Å². The lowest BCUT2D eigenvalue weighted by Gasteiger charge is -2.10. The van der Waals surface area contributed by atoms with Gasteiger partial charge in [-0.2, -0.15) is 0 Å². The first-order valence-electron chi connectivity index (χ1n) is 5.50. The van der Waals surface area contributed by atoms with Gasteiger partial charge in [-0.25, -0.2) is 8.42 Å². The van der Waals surface area contributed by atoms with Gasteiger partial charge in [0.05, 0.1) is 17.9 Å². The van der Waals surface area contributed by atoms with Crippen LogP contribution in [0.25, 0.3) is 0 Å². The van der Waals surface area contributed by atoms with Gasteiger partial charge in [0.1, 0.15) is 15.6 Å². The molecule has 0 atom stereocenters. The Bertz CT molecular complexity index is 537. The molecule has 0 radical (unpaired) electrons. The molecule has 0 aliphatic rings. The van der Waals surface area contributed by atoms with Crippen LogP contribution in [0, 0.1) is 0 Å². The summed E-state index contributed by atoms with van der Waals surface area (Å²) in [6.45, 7) is 1.68. The lowest BCUT2D eigenvalue weighted by Crippen LogP contribution is -2.09. The zero-order valence-corrected chi connectivity index (χ0v) is 11.3. The van der Waals surface area contributed by atoms with Crippen molar-refractivity contribution < 1.29 is 17.9 Å². The summed E-state index contributed by atoms with van der Waals surface area (Å²) in [5.41, 5.74) is 6.49. The maximum absolute atomic E-state index is 11.4. The molecule has 0 saturated carbocycles. The first-order chi connectivity index (χ1) is 8.29.